The van der Waals surface area contributed by atoms with Crippen LogP contribution in [0.15, 0.2) is 35.8 Å². The van der Waals surface area contributed by atoms with Crippen molar-refractivity contribution in [2.45, 2.75) is 13.8 Å². The average molecular weight is 306 g/mol. The van der Waals surface area contributed by atoms with Gasteiger partial charge in [0.2, 0.25) is 0 Å². The number of nitrogen functional groups attached to an aromatic ring is 2. The number of fused-ring (bicyclic) bond motifs is 1. The lowest BCUT2D eigenvalue weighted by atomic mass is 10.0. The zero-order valence-electron chi connectivity index (χ0n) is 12.5. The highest BCUT2D eigenvalue weighted by atomic mass is 32.1. The van der Waals surface area contributed by atoms with Crippen LogP contribution >= 0.6 is 11.3 Å². The van der Waals surface area contributed by atoms with Gasteiger partial charge in [0, 0.05) is 28.8 Å². The van der Waals surface area contributed by atoms with Crippen LogP contribution in [0.25, 0.3) is 21.2 Å². The number of benzene rings is 1. The summed E-state index contributed by atoms with van der Waals surface area (Å²) in [4.78, 5) is 4.31. The van der Waals surface area contributed by atoms with E-state index >= 15 is 0 Å². The summed E-state index contributed by atoms with van der Waals surface area (Å²) in [5.41, 5.74) is 15.7. The van der Waals surface area contributed by atoms with E-state index < -0.39 is 0 Å². The fourth-order valence-corrected chi connectivity index (χ4v) is 3.28. The van der Waals surface area contributed by atoms with Crippen molar-refractivity contribution < 1.29 is 0 Å². The molecule has 3 rings (SSSR count). The van der Waals surface area contributed by atoms with E-state index in [0.717, 1.165) is 38.4 Å². The summed E-state index contributed by atoms with van der Waals surface area (Å²) >= 11 is 1.64. The quantitative estimate of drug-likeness (QED) is 0.525. The molecule has 0 saturated heterocycles. The molecule has 2 aromatic heterocycles. The molecule has 0 aliphatic carbocycles. The van der Waals surface area contributed by atoms with Gasteiger partial charge in [-0.15, -0.1) is 11.3 Å². The van der Waals surface area contributed by atoms with Crippen molar-refractivity contribution in [3.8, 4) is 23.0 Å². The molecule has 0 saturated carbocycles. The van der Waals surface area contributed by atoms with Crippen LogP contribution in [-0.4, -0.2) is 4.98 Å². The lowest BCUT2D eigenvalue weighted by Gasteiger charge is -2.04. The number of hydrogen-bond acceptors (Lipinski definition) is 4. The molecule has 0 atom stereocenters. The Hall–Kier alpha value is -2.51. The number of thiophene rings is 1. The molecule has 1 aromatic carbocycles. The van der Waals surface area contributed by atoms with Gasteiger partial charge in [0.1, 0.15) is 5.82 Å². The minimum absolute atomic E-state index is 0.533. The van der Waals surface area contributed by atoms with Gasteiger partial charge in [0.15, 0.2) is 0 Å². The molecule has 0 aliphatic rings. The zero-order valence-corrected chi connectivity index (χ0v) is 13.3. The molecular formula is C18H16N3S. The fraction of sp³-hybridized carbons (Fsp3) is 0.111. The Bertz CT molecular complexity index is 880. The fourth-order valence-electron chi connectivity index (χ4n) is 2.22. The number of pyridine rings is 1. The van der Waals surface area contributed by atoms with Crippen LogP contribution in [0.1, 0.15) is 19.4 Å². The summed E-state index contributed by atoms with van der Waals surface area (Å²) in [6.45, 7) is 3.98. The highest BCUT2D eigenvalue weighted by Crippen LogP contribution is 2.38. The predicted molar refractivity (Wildman–Crippen MR) is 95.3 cm³/mol. The zero-order chi connectivity index (χ0) is 15.7. The van der Waals surface area contributed by atoms with Gasteiger partial charge >= 0.3 is 0 Å². The first kappa shape index (κ1) is 14.4. The normalized spacial score (nSPS) is 10.7. The van der Waals surface area contributed by atoms with E-state index in [1.165, 1.54) is 0 Å². The lowest BCUT2D eigenvalue weighted by molar-refractivity contribution is 1.25. The van der Waals surface area contributed by atoms with Crippen molar-refractivity contribution in [3.63, 3.8) is 0 Å². The van der Waals surface area contributed by atoms with E-state index in [1.807, 2.05) is 38.1 Å². The third-order valence-electron chi connectivity index (χ3n) is 3.29. The molecule has 3 aromatic rings. The largest absolute Gasteiger partial charge is 0.399 e. The van der Waals surface area contributed by atoms with Crippen molar-refractivity contribution in [1.29, 1.82) is 0 Å². The lowest BCUT2D eigenvalue weighted by Crippen LogP contribution is -1.93. The maximum absolute atomic E-state index is 6.11. The number of hydrogen-bond donors (Lipinski definition) is 2. The van der Waals surface area contributed by atoms with E-state index in [-0.39, 0.29) is 0 Å². The molecule has 1 radical (unpaired) electrons. The second-order valence-electron chi connectivity index (χ2n) is 5.28. The van der Waals surface area contributed by atoms with Gasteiger partial charge in [0.05, 0.1) is 10.3 Å². The van der Waals surface area contributed by atoms with Crippen LogP contribution < -0.4 is 11.5 Å². The highest BCUT2D eigenvalue weighted by Gasteiger charge is 2.13. The highest BCUT2D eigenvalue weighted by molar-refractivity contribution is 7.18. The molecule has 2 heterocycles. The maximum Gasteiger partial charge on any atom is 0.132 e. The van der Waals surface area contributed by atoms with Crippen LogP contribution in [-0.2, 0) is 0 Å². The first-order chi connectivity index (χ1) is 10.6. The molecule has 0 spiro atoms. The van der Waals surface area contributed by atoms with Crippen LogP contribution in [0.2, 0.25) is 0 Å². The van der Waals surface area contributed by atoms with Crippen LogP contribution in [0.4, 0.5) is 11.5 Å². The van der Waals surface area contributed by atoms with Crippen molar-refractivity contribution in [1.82, 2.24) is 4.98 Å². The summed E-state index contributed by atoms with van der Waals surface area (Å²) in [5.74, 6) is 7.88. The standard InChI is InChI=1S/C18H16N3S/c1-11(2)3-4-13-9-21-18(20)16-15(10-22-17(13)16)12-5-7-14(19)8-6-12/h5-10H,19H2,1-2H3,(H2,20,21). The van der Waals surface area contributed by atoms with Crippen molar-refractivity contribution in [2.24, 2.45) is 0 Å². The van der Waals surface area contributed by atoms with Crippen molar-refractivity contribution >= 4 is 32.9 Å². The Labute approximate surface area is 134 Å². The Morgan fingerprint density at radius 1 is 1.14 bits per heavy atom. The summed E-state index contributed by atoms with van der Waals surface area (Å²) in [6.07, 6.45) is 1.75. The molecule has 0 fully saturated rings. The third kappa shape index (κ3) is 2.63. The minimum atomic E-state index is 0.533. The predicted octanol–water partition coefficient (Wildman–Crippen LogP) is 4.09. The first-order valence-electron chi connectivity index (χ1n) is 6.90. The van der Waals surface area contributed by atoms with Gasteiger partial charge in [-0.2, -0.15) is 0 Å². The second kappa shape index (κ2) is 5.70. The van der Waals surface area contributed by atoms with Crippen LogP contribution in [0, 0.1) is 17.8 Å². The number of nitrogens with zero attached hydrogens (tertiary/aromatic N) is 1. The summed E-state index contributed by atoms with van der Waals surface area (Å²) in [5, 5.41) is 3.07. The molecule has 22 heavy (non-hydrogen) atoms. The SMILES string of the molecule is C[C](C)C#Cc1cnc(N)c2c(-c3ccc(N)cc3)csc12. The minimum Gasteiger partial charge on any atom is -0.399 e. The Kier molecular flexibility index (Phi) is 3.74. The van der Waals surface area contributed by atoms with Gasteiger partial charge in [-0.05, 0) is 36.9 Å². The maximum atomic E-state index is 6.11. The van der Waals surface area contributed by atoms with Gasteiger partial charge < -0.3 is 11.5 Å². The molecule has 0 amide bonds. The molecular weight excluding hydrogens is 290 g/mol. The molecule has 4 N–H and O–H groups in total. The number of anilines is 2. The van der Waals surface area contributed by atoms with E-state index in [0.29, 0.717) is 5.82 Å². The number of nitrogens with two attached hydrogens (primary N) is 2. The first-order valence-corrected chi connectivity index (χ1v) is 7.78. The monoisotopic (exact) mass is 306 g/mol. The van der Waals surface area contributed by atoms with Gasteiger partial charge in [-0.25, -0.2) is 4.98 Å². The molecule has 0 bridgehead atoms. The topological polar surface area (TPSA) is 64.9 Å². The number of rotatable bonds is 1. The molecule has 3 nitrogen and oxygen atoms in total. The van der Waals surface area contributed by atoms with E-state index in [1.54, 1.807) is 17.5 Å². The molecule has 0 unspecified atom stereocenters. The van der Waals surface area contributed by atoms with Gasteiger partial charge in [-0.3, -0.25) is 0 Å². The molecule has 0 aliphatic heterocycles. The third-order valence-corrected chi connectivity index (χ3v) is 4.31. The molecule has 109 valence electrons. The average Bonchev–Trinajstić information content (AvgIpc) is 2.93. The van der Waals surface area contributed by atoms with Gasteiger partial charge in [0.25, 0.3) is 0 Å². The smallest absolute Gasteiger partial charge is 0.132 e. The Morgan fingerprint density at radius 3 is 2.55 bits per heavy atom. The summed E-state index contributed by atoms with van der Waals surface area (Å²) in [7, 11) is 0. The summed E-state index contributed by atoms with van der Waals surface area (Å²) in [6, 6.07) is 7.78. The van der Waals surface area contributed by atoms with Crippen molar-refractivity contribution in [3.05, 3.63) is 47.3 Å². The number of aromatic nitrogens is 1. The van der Waals surface area contributed by atoms with E-state index in [9.17, 15) is 0 Å². The van der Waals surface area contributed by atoms with Gasteiger partial charge in [-0.1, -0.05) is 24.0 Å². The van der Waals surface area contributed by atoms with Crippen LogP contribution in [0.5, 0.6) is 0 Å². The van der Waals surface area contributed by atoms with E-state index in [4.69, 9.17) is 11.5 Å². The van der Waals surface area contributed by atoms with Crippen LogP contribution in [0.3, 0.4) is 0 Å². The molecule has 4 heteroatoms. The van der Waals surface area contributed by atoms with Crippen molar-refractivity contribution in [2.75, 3.05) is 11.5 Å². The Balaban J connectivity index is 2.21. The van der Waals surface area contributed by atoms with E-state index in [2.05, 4.69) is 22.2 Å². The second-order valence-corrected chi connectivity index (χ2v) is 6.16. The summed E-state index contributed by atoms with van der Waals surface area (Å²) < 4.78 is 1.08. The Morgan fingerprint density at radius 2 is 1.86 bits per heavy atom.